The van der Waals surface area contributed by atoms with Crippen LogP contribution in [0.25, 0.3) is 11.3 Å². The Morgan fingerprint density at radius 3 is 2.93 bits per heavy atom. The fraction of sp³-hybridized carbons (Fsp3) is 0.200. The molecule has 0 atom stereocenters. The van der Waals surface area contributed by atoms with Crippen LogP contribution in [0.3, 0.4) is 0 Å². The van der Waals surface area contributed by atoms with Crippen LogP contribution < -0.4 is 5.32 Å². The van der Waals surface area contributed by atoms with Crippen molar-refractivity contribution in [1.82, 2.24) is 9.97 Å². The largest absolute Gasteiger partial charge is 0.301 e. The summed E-state index contributed by atoms with van der Waals surface area (Å²) in [4.78, 5) is 21.3. The number of hydrogen-bond acceptors (Lipinski definition) is 6. The van der Waals surface area contributed by atoms with Crippen LogP contribution in [0.1, 0.15) is 23.2 Å². The predicted octanol–water partition coefficient (Wildman–Crippen LogP) is 4.30. The van der Waals surface area contributed by atoms with Crippen LogP contribution >= 0.6 is 23.1 Å². The van der Waals surface area contributed by atoms with Crippen molar-refractivity contribution in [3.05, 3.63) is 58.6 Å². The smallest absolute Gasteiger partial charge is 0.236 e. The Morgan fingerprint density at radius 1 is 1.26 bits per heavy atom. The molecule has 3 aromatic rings. The maximum absolute atomic E-state index is 12.3. The first-order chi connectivity index (χ1) is 13.2. The Hall–Kier alpha value is -2.69. The van der Waals surface area contributed by atoms with Gasteiger partial charge in [-0.25, -0.2) is 9.97 Å². The number of aromatic nitrogens is 2. The summed E-state index contributed by atoms with van der Waals surface area (Å²) in [6.45, 7) is 0. The number of aryl methyl sites for hydroxylation is 2. The van der Waals surface area contributed by atoms with Crippen LogP contribution in [0.2, 0.25) is 0 Å². The number of thioether (sulfide) groups is 1. The molecule has 1 aliphatic carbocycles. The summed E-state index contributed by atoms with van der Waals surface area (Å²) in [7, 11) is 0. The number of amides is 1. The second-order valence-electron chi connectivity index (χ2n) is 6.15. The summed E-state index contributed by atoms with van der Waals surface area (Å²) in [5.41, 5.74) is 4.63. The number of pyridine rings is 1. The molecular formula is C20H16N4OS2. The van der Waals surface area contributed by atoms with E-state index in [-0.39, 0.29) is 11.7 Å². The summed E-state index contributed by atoms with van der Waals surface area (Å²) >= 11 is 2.70. The van der Waals surface area contributed by atoms with Gasteiger partial charge in [0.1, 0.15) is 11.1 Å². The molecule has 0 fully saturated rings. The van der Waals surface area contributed by atoms with Crippen LogP contribution in [-0.4, -0.2) is 21.6 Å². The zero-order chi connectivity index (χ0) is 18.6. The maximum atomic E-state index is 12.3. The molecule has 2 heterocycles. The number of anilines is 1. The number of fused-ring (bicyclic) bond motifs is 1. The first-order valence-corrected chi connectivity index (χ1v) is 10.5. The van der Waals surface area contributed by atoms with Crippen molar-refractivity contribution in [2.24, 2.45) is 0 Å². The number of nitriles is 1. The number of nitrogens with one attached hydrogen (secondary N) is 1. The van der Waals surface area contributed by atoms with Gasteiger partial charge in [0, 0.05) is 16.6 Å². The SMILES string of the molecule is N#Cc1cc2c(nc1SCC(=O)Nc1nc(-c3ccccc3)cs1)CCC2. The van der Waals surface area contributed by atoms with Gasteiger partial charge in [-0.1, -0.05) is 42.1 Å². The fourth-order valence-electron chi connectivity index (χ4n) is 3.01. The average molecular weight is 393 g/mol. The molecule has 134 valence electrons. The van der Waals surface area contributed by atoms with E-state index in [0.29, 0.717) is 15.7 Å². The minimum atomic E-state index is -0.153. The van der Waals surface area contributed by atoms with Gasteiger partial charge in [0.25, 0.3) is 0 Å². The van der Waals surface area contributed by atoms with Crippen molar-refractivity contribution < 1.29 is 4.79 Å². The highest BCUT2D eigenvalue weighted by molar-refractivity contribution is 8.00. The Labute approximate surface area is 165 Å². The van der Waals surface area contributed by atoms with E-state index in [2.05, 4.69) is 21.4 Å². The summed E-state index contributed by atoms with van der Waals surface area (Å²) < 4.78 is 0. The lowest BCUT2D eigenvalue weighted by Gasteiger charge is -2.06. The van der Waals surface area contributed by atoms with E-state index in [9.17, 15) is 10.1 Å². The van der Waals surface area contributed by atoms with Crippen molar-refractivity contribution in [1.29, 1.82) is 5.26 Å². The van der Waals surface area contributed by atoms with E-state index in [4.69, 9.17) is 0 Å². The third-order valence-electron chi connectivity index (χ3n) is 4.30. The summed E-state index contributed by atoms with van der Waals surface area (Å²) in [6.07, 6.45) is 3.01. The first-order valence-electron chi connectivity index (χ1n) is 8.59. The van der Waals surface area contributed by atoms with Crippen molar-refractivity contribution in [2.75, 3.05) is 11.1 Å². The molecule has 1 N–H and O–H groups in total. The molecule has 0 saturated carbocycles. The minimum Gasteiger partial charge on any atom is -0.301 e. The number of thiazole rings is 1. The lowest BCUT2D eigenvalue weighted by atomic mass is 10.2. The predicted molar refractivity (Wildman–Crippen MR) is 108 cm³/mol. The summed E-state index contributed by atoms with van der Waals surface area (Å²) in [5.74, 6) is 0.0425. The van der Waals surface area contributed by atoms with Crippen LogP contribution in [0.5, 0.6) is 0 Å². The molecule has 5 nitrogen and oxygen atoms in total. The number of benzene rings is 1. The number of nitrogens with zero attached hydrogens (tertiary/aromatic N) is 3. The molecule has 0 bridgehead atoms. The molecular weight excluding hydrogens is 376 g/mol. The maximum Gasteiger partial charge on any atom is 0.236 e. The Balaban J connectivity index is 1.40. The molecule has 0 saturated heterocycles. The van der Waals surface area contributed by atoms with E-state index >= 15 is 0 Å². The Kier molecular flexibility index (Phi) is 5.19. The van der Waals surface area contributed by atoms with Crippen molar-refractivity contribution in [3.63, 3.8) is 0 Å². The lowest BCUT2D eigenvalue weighted by Crippen LogP contribution is -2.14. The van der Waals surface area contributed by atoms with Gasteiger partial charge in [0.2, 0.25) is 5.91 Å². The van der Waals surface area contributed by atoms with E-state index in [1.54, 1.807) is 0 Å². The molecule has 0 aliphatic heterocycles. The van der Waals surface area contributed by atoms with Gasteiger partial charge in [0.15, 0.2) is 5.13 Å². The van der Waals surface area contributed by atoms with Crippen LogP contribution in [0, 0.1) is 11.3 Å². The normalized spacial score (nSPS) is 12.4. The molecule has 2 aromatic heterocycles. The zero-order valence-corrected chi connectivity index (χ0v) is 16.1. The molecule has 1 aliphatic rings. The quantitative estimate of drug-likeness (QED) is 0.655. The molecule has 0 radical (unpaired) electrons. The number of carbonyl (C=O) groups excluding carboxylic acids is 1. The number of hydrogen-bond donors (Lipinski definition) is 1. The van der Waals surface area contributed by atoms with E-state index in [1.807, 2.05) is 41.8 Å². The second-order valence-corrected chi connectivity index (χ2v) is 7.98. The standard InChI is InChI=1S/C20H16N4OS2/c21-10-15-9-14-7-4-8-16(14)22-19(15)26-12-18(25)24-20-23-17(11-27-20)13-5-2-1-3-6-13/h1-3,5-6,9,11H,4,7-8,12H2,(H,23,24,25). The fourth-order valence-corrected chi connectivity index (χ4v) is 4.52. The highest BCUT2D eigenvalue weighted by Crippen LogP contribution is 2.28. The highest BCUT2D eigenvalue weighted by atomic mass is 32.2. The van der Waals surface area contributed by atoms with Gasteiger partial charge in [-0.05, 0) is 30.9 Å². The number of carbonyl (C=O) groups is 1. The number of rotatable bonds is 5. The third-order valence-corrected chi connectivity index (χ3v) is 6.05. The summed E-state index contributed by atoms with van der Waals surface area (Å²) in [6, 6.07) is 14.0. The summed E-state index contributed by atoms with van der Waals surface area (Å²) in [5, 5.41) is 15.3. The van der Waals surface area contributed by atoms with Crippen molar-refractivity contribution in [3.8, 4) is 17.3 Å². The molecule has 0 unspecified atom stereocenters. The van der Waals surface area contributed by atoms with Gasteiger partial charge >= 0.3 is 0 Å². The van der Waals surface area contributed by atoms with E-state index in [1.165, 1.54) is 23.1 Å². The molecule has 27 heavy (non-hydrogen) atoms. The van der Waals surface area contributed by atoms with Gasteiger partial charge < -0.3 is 5.32 Å². The molecule has 1 aromatic carbocycles. The highest BCUT2D eigenvalue weighted by Gasteiger charge is 2.17. The Morgan fingerprint density at radius 2 is 2.11 bits per heavy atom. The topological polar surface area (TPSA) is 78.7 Å². The molecule has 1 amide bonds. The van der Waals surface area contributed by atoms with Gasteiger partial charge in [-0.2, -0.15) is 5.26 Å². The second kappa shape index (κ2) is 7.91. The molecule has 0 spiro atoms. The van der Waals surface area contributed by atoms with Crippen molar-refractivity contribution in [2.45, 2.75) is 24.3 Å². The van der Waals surface area contributed by atoms with E-state index < -0.39 is 0 Å². The Bertz CT molecular complexity index is 1020. The monoisotopic (exact) mass is 392 g/mol. The zero-order valence-electron chi connectivity index (χ0n) is 14.4. The van der Waals surface area contributed by atoms with Gasteiger partial charge in [-0.3, -0.25) is 4.79 Å². The van der Waals surface area contributed by atoms with Crippen LogP contribution in [0.15, 0.2) is 46.8 Å². The molecule has 4 rings (SSSR count). The third kappa shape index (κ3) is 4.02. The minimum absolute atomic E-state index is 0.153. The van der Waals surface area contributed by atoms with E-state index in [0.717, 1.165) is 41.8 Å². The van der Waals surface area contributed by atoms with Gasteiger partial charge in [-0.15, -0.1) is 11.3 Å². The average Bonchev–Trinajstić information content (AvgIpc) is 3.35. The van der Waals surface area contributed by atoms with Crippen LogP contribution in [-0.2, 0) is 17.6 Å². The lowest BCUT2D eigenvalue weighted by molar-refractivity contribution is -0.113. The molecule has 7 heteroatoms. The first kappa shape index (κ1) is 17.7. The van der Waals surface area contributed by atoms with Crippen LogP contribution in [0.4, 0.5) is 5.13 Å². The van der Waals surface area contributed by atoms with Crippen molar-refractivity contribution >= 4 is 34.1 Å². The van der Waals surface area contributed by atoms with Gasteiger partial charge in [0.05, 0.1) is 17.0 Å².